The Bertz CT molecular complexity index is 745. The molecule has 120 valence electrons. The van der Waals surface area contributed by atoms with Crippen LogP contribution in [0.5, 0.6) is 11.5 Å². The van der Waals surface area contributed by atoms with E-state index in [9.17, 15) is 9.18 Å². The van der Waals surface area contributed by atoms with E-state index in [1.807, 2.05) is 18.2 Å². The second-order valence-electron chi connectivity index (χ2n) is 5.45. The Labute approximate surface area is 134 Å². The zero-order chi connectivity index (χ0) is 16.4. The van der Waals surface area contributed by atoms with Crippen LogP contribution in [0.25, 0.3) is 0 Å². The van der Waals surface area contributed by atoms with Crippen LogP contribution in [0.1, 0.15) is 33.9 Å². The normalized spacial score (nSPS) is 15.9. The number of aryl methyl sites for hydroxylation is 1. The fraction of sp³-hybridized carbons (Fsp3) is 0.278. The van der Waals surface area contributed by atoms with E-state index in [1.165, 1.54) is 25.8 Å². The van der Waals surface area contributed by atoms with E-state index in [1.54, 1.807) is 0 Å². The number of amides is 1. The van der Waals surface area contributed by atoms with Gasteiger partial charge in [-0.15, -0.1) is 0 Å². The van der Waals surface area contributed by atoms with Crippen LogP contribution in [0.3, 0.4) is 0 Å². The van der Waals surface area contributed by atoms with Crippen molar-refractivity contribution >= 4 is 5.91 Å². The molecule has 0 bridgehead atoms. The highest BCUT2D eigenvalue weighted by Gasteiger charge is 2.25. The van der Waals surface area contributed by atoms with Crippen molar-refractivity contribution in [2.75, 3.05) is 14.2 Å². The largest absolute Gasteiger partial charge is 0.493 e. The van der Waals surface area contributed by atoms with Crippen LogP contribution in [-0.2, 0) is 6.42 Å². The lowest BCUT2D eigenvalue weighted by molar-refractivity contribution is 0.0932. The summed E-state index contributed by atoms with van der Waals surface area (Å²) in [5.74, 6) is -0.504. The van der Waals surface area contributed by atoms with E-state index in [0.717, 1.165) is 24.5 Å². The van der Waals surface area contributed by atoms with Gasteiger partial charge in [-0.1, -0.05) is 24.3 Å². The van der Waals surface area contributed by atoms with Crippen LogP contribution in [0, 0.1) is 5.82 Å². The predicted molar refractivity (Wildman–Crippen MR) is 84.5 cm³/mol. The summed E-state index contributed by atoms with van der Waals surface area (Å²) in [6.45, 7) is 0. The van der Waals surface area contributed by atoms with Gasteiger partial charge in [0.05, 0.1) is 25.8 Å². The van der Waals surface area contributed by atoms with Gasteiger partial charge in [0.25, 0.3) is 5.91 Å². The van der Waals surface area contributed by atoms with Gasteiger partial charge in [-0.25, -0.2) is 4.39 Å². The molecule has 0 spiro atoms. The molecule has 0 aliphatic heterocycles. The minimum Gasteiger partial charge on any atom is -0.493 e. The average molecular weight is 315 g/mol. The number of ether oxygens (including phenoxy) is 2. The SMILES string of the molecule is COc1cc(F)c(C(=O)NC2CCc3ccccc32)cc1OC. The molecule has 1 unspecified atom stereocenters. The van der Waals surface area contributed by atoms with E-state index >= 15 is 0 Å². The molecule has 0 radical (unpaired) electrons. The number of carbonyl (C=O) groups is 1. The summed E-state index contributed by atoms with van der Waals surface area (Å²) in [5.41, 5.74) is 2.28. The van der Waals surface area contributed by atoms with Gasteiger partial charge in [0.1, 0.15) is 5.82 Å². The minimum absolute atomic E-state index is 0.0490. The molecule has 0 aromatic heterocycles. The Balaban J connectivity index is 1.84. The Hall–Kier alpha value is -2.56. The van der Waals surface area contributed by atoms with Crippen molar-refractivity contribution in [2.24, 2.45) is 0 Å². The summed E-state index contributed by atoms with van der Waals surface area (Å²) >= 11 is 0. The standard InChI is InChI=1S/C18H18FNO3/c1-22-16-9-13(14(19)10-17(16)23-2)18(21)20-15-8-7-11-5-3-4-6-12(11)15/h3-6,9-10,15H,7-8H2,1-2H3,(H,20,21). The number of benzene rings is 2. The molecule has 0 heterocycles. The lowest BCUT2D eigenvalue weighted by Crippen LogP contribution is -2.28. The number of hydrogen-bond acceptors (Lipinski definition) is 3. The first-order chi connectivity index (χ1) is 11.1. The lowest BCUT2D eigenvalue weighted by Gasteiger charge is -2.16. The van der Waals surface area contributed by atoms with Crippen LogP contribution in [0.2, 0.25) is 0 Å². The molecule has 1 atom stereocenters. The molecule has 1 aliphatic rings. The zero-order valence-electron chi connectivity index (χ0n) is 13.1. The Morgan fingerprint density at radius 1 is 1.17 bits per heavy atom. The molecule has 1 amide bonds. The number of hydrogen-bond donors (Lipinski definition) is 1. The van der Waals surface area contributed by atoms with Gasteiger partial charge in [0.2, 0.25) is 0 Å². The summed E-state index contributed by atoms with van der Waals surface area (Å²) in [4.78, 5) is 12.5. The van der Waals surface area contributed by atoms with Crippen molar-refractivity contribution in [1.82, 2.24) is 5.32 Å². The van der Waals surface area contributed by atoms with Gasteiger partial charge in [-0.2, -0.15) is 0 Å². The summed E-state index contributed by atoms with van der Waals surface area (Å²) in [6, 6.07) is 10.4. The van der Waals surface area contributed by atoms with Gasteiger partial charge in [-0.3, -0.25) is 4.79 Å². The summed E-state index contributed by atoms with van der Waals surface area (Å²) < 4.78 is 24.3. The number of nitrogens with one attached hydrogen (secondary N) is 1. The summed E-state index contributed by atoms with van der Waals surface area (Å²) in [7, 11) is 2.87. The van der Waals surface area contributed by atoms with Crippen molar-refractivity contribution in [2.45, 2.75) is 18.9 Å². The third kappa shape index (κ3) is 2.86. The molecule has 0 saturated heterocycles. The molecule has 3 rings (SSSR count). The second kappa shape index (κ2) is 6.28. The van der Waals surface area contributed by atoms with Crippen molar-refractivity contribution in [3.63, 3.8) is 0 Å². The van der Waals surface area contributed by atoms with Crippen molar-refractivity contribution < 1.29 is 18.7 Å². The summed E-state index contributed by atoms with van der Waals surface area (Å²) in [6.07, 6.45) is 1.73. The van der Waals surface area contributed by atoms with Crippen molar-refractivity contribution in [3.05, 3.63) is 58.9 Å². The molecule has 1 N–H and O–H groups in total. The molecular weight excluding hydrogens is 297 g/mol. The third-order valence-electron chi connectivity index (χ3n) is 4.16. The van der Waals surface area contributed by atoms with Crippen LogP contribution >= 0.6 is 0 Å². The maximum Gasteiger partial charge on any atom is 0.254 e. The van der Waals surface area contributed by atoms with Gasteiger partial charge in [0, 0.05) is 6.07 Å². The van der Waals surface area contributed by atoms with Crippen LogP contribution < -0.4 is 14.8 Å². The first kappa shape index (κ1) is 15.3. The Kier molecular flexibility index (Phi) is 4.19. The fourth-order valence-electron chi connectivity index (χ4n) is 2.97. The van der Waals surface area contributed by atoms with Gasteiger partial charge in [-0.05, 0) is 30.0 Å². The van der Waals surface area contributed by atoms with Gasteiger partial charge in [0.15, 0.2) is 11.5 Å². The molecule has 4 nitrogen and oxygen atoms in total. The fourth-order valence-corrected chi connectivity index (χ4v) is 2.97. The highest BCUT2D eigenvalue weighted by Crippen LogP contribution is 2.33. The van der Waals surface area contributed by atoms with Crippen LogP contribution in [0.15, 0.2) is 36.4 Å². The smallest absolute Gasteiger partial charge is 0.254 e. The first-order valence-corrected chi connectivity index (χ1v) is 7.44. The third-order valence-corrected chi connectivity index (χ3v) is 4.16. The molecule has 5 heteroatoms. The number of methoxy groups -OCH3 is 2. The van der Waals surface area contributed by atoms with E-state index in [4.69, 9.17) is 9.47 Å². The molecule has 1 aliphatic carbocycles. The lowest BCUT2D eigenvalue weighted by atomic mass is 10.1. The summed E-state index contributed by atoms with van der Waals surface area (Å²) in [5, 5.41) is 2.91. The van der Waals surface area contributed by atoms with Crippen molar-refractivity contribution in [3.8, 4) is 11.5 Å². The predicted octanol–water partition coefficient (Wildman–Crippen LogP) is 3.26. The molecule has 0 saturated carbocycles. The molecule has 2 aromatic rings. The Morgan fingerprint density at radius 3 is 2.61 bits per heavy atom. The Morgan fingerprint density at radius 2 is 1.87 bits per heavy atom. The highest BCUT2D eigenvalue weighted by molar-refractivity contribution is 5.95. The molecule has 0 fully saturated rings. The average Bonchev–Trinajstić information content (AvgIpc) is 2.97. The topological polar surface area (TPSA) is 47.6 Å². The first-order valence-electron chi connectivity index (χ1n) is 7.44. The maximum absolute atomic E-state index is 14.2. The number of rotatable bonds is 4. The zero-order valence-corrected chi connectivity index (χ0v) is 13.1. The molecule has 23 heavy (non-hydrogen) atoms. The van der Waals surface area contributed by atoms with Crippen molar-refractivity contribution in [1.29, 1.82) is 0 Å². The van der Waals surface area contributed by atoms with Gasteiger partial charge < -0.3 is 14.8 Å². The monoisotopic (exact) mass is 315 g/mol. The highest BCUT2D eigenvalue weighted by atomic mass is 19.1. The number of fused-ring (bicyclic) bond motifs is 1. The van der Waals surface area contributed by atoms with Gasteiger partial charge >= 0.3 is 0 Å². The van der Waals surface area contributed by atoms with E-state index in [2.05, 4.69) is 11.4 Å². The number of halogens is 1. The quantitative estimate of drug-likeness (QED) is 0.942. The molecular formula is C18H18FNO3. The number of carbonyl (C=O) groups excluding carboxylic acids is 1. The van der Waals surface area contributed by atoms with E-state index in [0.29, 0.717) is 5.75 Å². The van der Waals surface area contributed by atoms with E-state index < -0.39 is 11.7 Å². The molecule has 2 aromatic carbocycles. The van der Waals surface area contributed by atoms with E-state index in [-0.39, 0.29) is 17.4 Å². The second-order valence-corrected chi connectivity index (χ2v) is 5.45. The van der Waals surface area contributed by atoms with Crippen LogP contribution in [-0.4, -0.2) is 20.1 Å². The van der Waals surface area contributed by atoms with Crippen LogP contribution in [0.4, 0.5) is 4.39 Å². The maximum atomic E-state index is 14.2. The minimum atomic E-state index is -0.633.